The fraction of sp³-hybridized carbons (Fsp3) is 0.400. The molecule has 0 aliphatic rings. The number of aromatic nitrogens is 1. The van der Waals surface area contributed by atoms with Gasteiger partial charge in [0.15, 0.2) is 0 Å². The topological polar surface area (TPSA) is 45.9 Å². The van der Waals surface area contributed by atoms with E-state index in [2.05, 4.69) is 25.7 Å². The van der Waals surface area contributed by atoms with Crippen LogP contribution in [0.5, 0.6) is 5.88 Å². The van der Waals surface area contributed by atoms with Crippen LogP contribution in [0.4, 0.5) is 13.2 Å². The summed E-state index contributed by atoms with van der Waals surface area (Å²) in [6, 6.07) is 1.80. The normalized spacial score (nSPS) is 11.1. The maximum Gasteiger partial charge on any atom is 0.574 e. The van der Waals surface area contributed by atoms with Crippen LogP contribution in [0, 0.1) is 18.3 Å². The van der Waals surface area contributed by atoms with E-state index in [0.29, 0.717) is 10.9 Å². The molecule has 1 heterocycles. The highest BCUT2D eigenvalue weighted by molar-refractivity contribution is 9.08. The van der Waals surface area contributed by atoms with Gasteiger partial charge in [-0.25, -0.2) is 4.98 Å². The molecule has 1 rings (SSSR count). The van der Waals surface area contributed by atoms with E-state index in [-0.39, 0.29) is 12.0 Å². The summed E-state index contributed by atoms with van der Waals surface area (Å²) in [6.07, 6.45) is -3.68. The highest BCUT2D eigenvalue weighted by Crippen LogP contribution is 2.28. The summed E-state index contributed by atoms with van der Waals surface area (Å²) in [5, 5.41) is 9.06. The first-order valence-corrected chi connectivity index (χ1v) is 5.67. The summed E-state index contributed by atoms with van der Waals surface area (Å²) in [5.74, 6) is -0.554. The molecule has 0 fully saturated rings. The van der Waals surface area contributed by atoms with Crippen molar-refractivity contribution in [2.45, 2.75) is 25.0 Å². The van der Waals surface area contributed by atoms with Crippen LogP contribution in [0.1, 0.15) is 16.7 Å². The van der Waals surface area contributed by atoms with Crippen molar-refractivity contribution < 1.29 is 17.9 Å². The van der Waals surface area contributed by atoms with Crippen LogP contribution in [-0.4, -0.2) is 11.3 Å². The first kappa shape index (κ1) is 13.8. The molecule has 0 unspecified atom stereocenters. The molecule has 1 aromatic rings. The van der Waals surface area contributed by atoms with Gasteiger partial charge in [0.1, 0.15) is 0 Å². The summed E-state index contributed by atoms with van der Waals surface area (Å²) in [4.78, 5) is 3.59. The molecule has 0 aliphatic carbocycles. The van der Waals surface area contributed by atoms with E-state index in [1.165, 1.54) is 6.20 Å². The molecule has 0 saturated heterocycles. The number of ether oxygens (including phenoxy) is 1. The van der Waals surface area contributed by atoms with Crippen LogP contribution in [0.25, 0.3) is 0 Å². The van der Waals surface area contributed by atoms with E-state index in [9.17, 15) is 13.2 Å². The van der Waals surface area contributed by atoms with E-state index < -0.39 is 12.2 Å². The number of halogens is 4. The number of nitriles is 1. The van der Waals surface area contributed by atoms with Crippen molar-refractivity contribution in [1.82, 2.24) is 4.98 Å². The van der Waals surface area contributed by atoms with Gasteiger partial charge in [-0.1, -0.05) is 15.9 Å². The molecule has 1 aromatic heterocycles. The molecule has 0 spiro atoms. The molecule has 0 atom stereocenters. The quantitative estimate of drug-likeness (QED) is 0.805. The zero-order valence-corrected chi connectivity index (χ0v) is 10.4. The van der Waals surface area contributed by atoms with Crippen LogP contribution >= 0.6 is 15.9 Å². The maximum atomic E-state index is 12.1. The Hall–Kier alpha value is -1.29. The molecule has 92 valence electrons. The minimum atomic E-state index is -4.81. The largest absolute Gasteiger partial charge is 0.574 e. The minimum Gasteiger partial charge on any atom is -0.388 e. The number of hydrogen-bond donors (Lipinski definition) is 0. The van der Waals surface area contributed by atoms with Crippen molar-refractivity contribution in [2.75, 3.05) is 0 Å². The van der Waals surface area contributed by atoms with Crippen molar-refractivity contribution in [3.8, 4) is 11.9 Å². The van der Waals surface area contributed by atoms with E-state index in [1.807, 2.05) is 0 Å². The lowest BCUT2D eigenvalue weighted by molar-refractivity contribution is -0.276. The Balaban J connectivity index is 3.22. The molecule has 0 aliphatic heterocycles. The number of alkyl halides is 4. The van der Waals surface area contributed by atoms with Crippen LogP contribution in [0.2, 0.25) is 0 Å². The van der Waals surface area contributed by atoms with Crippen molar-refractivity contribution >= 4 is 15.9 Å². The molecule has 0 amide bonds. The number of rotatable bonds is 3. The Labute approximate surface area is 104 Å². The third kappa shape index (κ3) is 3.60. The van der Waals surface area contributed by atoms with Gasteiger partial charge in [0.05, 0.1) is 12.5 Å². The van der Waals surface area contributed by atoms with E-state index in [4.69, 9.17) is 5.26 Å². The Morgan fingerprint density at radius 1 is 1.53 bits per heavy atom. The summed E-state index contributed by atoms with van der Waals surface area (Å²) >= 11 is 3.19. The van der Waals surface area contributed by atoms with Gasteiger partial charge in [-0.3, -0.25) is 0 Å². The van der Waals surface area contributed by atoms with Gasteiger partial charge in [-0.05, 0) is 18.1 Å². The Morgan fingerprint density at radius 3 is 2.65 bits per heavy atom. The standard InChI is InChI=1S/C10H8BrF3N2O/c1-6-7(4-11)5-16-9(8(6)2-3-15)17-10(12,13)14/h5H,2,4H2,1H3. The van der Waals surface area contributed by atoms with Crippen molar-refractivity contribution in [3.63, 3.8) is 0 Å². The Kier molecular flexibility index (Phi) is 4.34. The summed E-state index contributed by atoms with van der Waals surface area (Å²) in [6.45, 7) is 1.63. The first-order valence-electron chi connectivity index (χ1n) is 4.55. The molecule has 0 radical (unpaired) electrons. The number of nitrogens with zero attached hydrogens (tertiary/aromatic N) is 2. The van der Waals surface area contributed by atoms with Gasteiger partial charge in [0.2, 0.25) is 5.88 Å². The van der Waals surface area contributed by atoms with Crippen LogP contribution in [-0.2, 0) is 11.8 Å². The molecule has 3 nitrogen and oxygen atoms in total. The molecule has 0 saturated carbocycles. The predicted molar refractivity (Wildman–Crippen MR) is 57.6 cm³/mol. The second-order valence-corrected chi connectivity index (χ2v) is 3.77. The third-order valence-electron chi connectivity index (χ3n) is 2.14. The predicted octanol–water partition coefficient (Wildman–Crippen LogP) is 3.25. The van der Waals surface area contributed by atoms with Gasteiger partial charge in [0.25, 0.3) is 0 Å². The summed E-state index contributed by atoms with van der Waals surface area (Å²) in [5.41, 5.74) is 1.48. The van der Waals surface area contributed by atoms with Crippen LogP contribution < -0.4 is 4.74 Å². The fourth-order valence-electron chi connectivity index (χ4n) is 1.29. The van der Waals surface area contributed by atoms with Gasteiger partial charge >= 0.3 is 6.36 Å². The average molecular weight is 309 g/mol. The average Bonchev–Trinajstić information content (AvgIpc) is 2.22. The summed E-state index contributed by atoms with van der Waals surface area (Å²) < 4.78 is 40.2. The SMILES string of the molecule is Cc1c(CBr)cnc(OC(F)(F)F)c1CC#N. The Bertz CT molecular complexity index is 454. The second kappa shape index (κ2) is 5.36. The molecule has 0 bridgehead atoms. The number of hydrogen-bond acceptors (Lipinski definition) is 3. The molecule has 17 heavy (non-hydrogen) atoms. The first-order chi connectivity index (χ1) is 7.89. The zero-order valence-electron chi connectivity index (χ0n) is 8.81. The second-order valence-electron chi connectivity index (χ2n) is 3.21. The lowest BCUT2D eigenvalue weighted by Crippen LogP contribution is -2.19. The lowest BCUT2D eigenvalue weighted by atomic mass is 10.0. The van der Waals surface area contributed by atoms with Gasteiger partial charge in [-0.2, -0.15) is 5.26 Å². The monoisotopic (exact) mass is 308 g/mol. The Morgan fingerprint density at radius 2 is 2.18 bits per heavy atom. The highest BCUT2D eigenvalue weighted by Gasteiger charge is 2.33. The zero-order chi connectivity index (χ0) is 13.1. The molecule has 0 N–H and O–H groups in total. The van der Waals surface area contributed by atoms with E-state index in [0.717, 1.165) is 5.56 Å². The van der Waals surface area contributed by atoms with Gasteiger partial charge < -0.3 is 4.74 Å². The van der Waals surface area contributed by atoms with Crippen molar-refractivity contribution in [3.05, 3.63) is 22.9 Å². The van der Waals surface area contributed by atoms with Gasteiger partial charge in [0, 0.05) is 17.1 Å². The van der Waals surface area contributed by atoms with E-state index in [1.54, 1.807) is 13.0 Å². The molecular formula is C10H8BrF3N2O. The number of pyridine rings is 1. The lowest BCUT2D eigenvalue weighted by Gasteiger charge is -2.14. The summed E-state index contributed by atoms with van der Waals surface area (Å²) in [7, 11) is 0. The molecule has 7 heteroatoms. The van der Waals surface area contributed by atoms with E-state index >= 15 is 0 Å². The molecular weight excluding hydrogens is 301 g/mol. The maximum absolute atomic E-state index is 12.1. The molecule has 0 aromatic carbocycles. The minimum absolute atomic E-state index is 0.168. The van der Waals surface area contributed by atoms with Gasteiger partial charge in [-0.15, -0.1) is 13.2 Å². The third-order valence-corrected chi connectivity index (χ3v) is 2.75. The van der Waals surface area contributed by atoms with Crippen molar-refractivity contribution in [2.24, 2.45) is 0 Å². The van der Waals surface area contributed by atoms with Crippen molar-refractivity contribution in [1.29, 1.82) is 5.26 Å². The fourth-order valence-corrected chi connectivity index (χ4v) is 1.85. The smallest absolute Gasteiger partial charge is 0.388 e. The van der Waals surface area contributed by atoms with Crippen LogP contribution in [0.3, 0.4) is 0 Å². The highest BCUT2D eigenvalue weighted by atomic mass is 79.9. The van der Waals surface area contributed by atoms with Crippen LogP contribution in [0.15, 0.2) is 6.20 Å².